The number of nitrogens with two attached hydrogens (primary N) is 1. The van der Waals surface area contributed by atoms with Crippen molar-refractivity contribution in [3.8, 4) is 0 Å². The van der Waals surface area contributed by atoms with Crippen LogP contribution in [0.1, 0.15) is 18.4 Å². The van der Waals surface area contributed by atoms with Gasteiger partial charge in [0.15, 0.2) is 0 Å². The number of carbonyl (C=O) groups is 1. The first-order valence-corrected chi connectivity index (χ1v) is 9.47. The van der Waals surface area contributed by atoms with Crippen molar-refractivity contribution in [2.24, 2.45) is 11.7 Å². The van der Waals surface area contributed by atoms with E-state index in [1.165, 1.54) is 5.56 Å². The van der Waals surface area contributed by atoms with Crippen LogP contribution in [-0.2, 0) is 15.3 Å². The smallest absolute Gasteiger partial charge is 0.241 e. The van der Waals surface area contributed by atoms with E-state index >= 15 is 0 Å². The molecule has 0 aliphatic carbocycles. The fourth-order valence-electron chi connectivity index (χ4n) is 2.80. The molecule has 6 heteroatoms. The predicted octanol–water partition coefficient (Wildman–Crippen LogP) is 3.07. The van der Waals surface area contributed by atoms with Crippen LogP contribution in [-0.4, -0.2) is 30.1 Å². The fourth-order valence-corrected chi connectivity index (χ4v) is 3.63. The first kappa shape index (κ1) is 17.9. The van der Waals surface area contributed by atoms with Gasteiger partial charge in [0.05, 0.1) is 6.04 Å². The monoisotopic (exact) mass is 357 g/mol. The standard InChI is InChI=1S/C19H23N3O2S/c20-18(15-7-10-24-11-8-15)19(23)22-16-3-5-17(6-4-16)25-13-14-2-1-9-21-12-14/h1-6,9,12,15,18H,7-8,10-11,13,20H2,(H,22,23). The van der Waals surface area contributed by atoms with E-state index in [9.17, 15) is 4.79 Å². The molecule has 1 atom stereocenters. The summed E-state index contributed by atoms with van der Waals surface area (Å²) >= 11 is 1.74. The van der Waals surface area contributed by atoms with E-state index in [-0.39, 0.29) is 11.8 Å². The second kappa shape index (κ2) is 8.99. The van der Waals surface area contributed by atoms with Gasteiger partial charge in [0.1, 0.15) is 0 Å². The van der Waals surface area contributed by atoms with Gasteiger partial charge in [-0.3, -0.25) is 9.78 Å². The van der Waals surface area contributed by atoms with Gasteiger partial charge in [0.25, 0.3) is 0 Å². The maximum Gasteiger partial charge on any atom is 0.241 e. The number of thioether (sulfide) groups is 1. The number of rotatable bonds is 6. The number of pyridine rings is 1. The molecular weight excluding hydrogens is 334 g/mol. The van der Waals surface area contributed by atoms with Crippen LogP contribution < -0.4 is 11.1 Å². The van der Waals surface area contributed by atoms with Gasteiger partial charge in [0, 0.05) is 41.9 Å². The lowest BCUT2D eigenvalue weighted by atomic mass is 9.92. The van der Waals surface area contributed by atoms with Crippen LogP contribution in [0.4, 0.5) is 5.69 Å². The molecule has 2 aromatic rings. The van der Waals surface area contributed by atoms with Gasteiger partial charge in [-0.1, -0.05) is 6.07 Å². The molecule has 1 fully saturated rings. The van der Waals surface area contributed by atoms with Crippen LogP contribution in [0.15, 0.2) is 53.7 Å². The van der Waals surface area contributed by atoms with Gasteiger partial charge < -0.3 is 15.8 Å². The summed E-state index contributed by atoms with van der Waals surface area (Å²) in [5, 5.41) is 2.92. The first-order valence-electron chi connectivity index (χ1n) is 8.48. The minimum absolute atomic E-state index is 0.123. The summed E-state index contributed by atoms with van der Waals surface area (Å²) in [5.41, 5.74) is 8.07. The van der Waals surface area contributed by atoms with Crippen molar-refractivity contribution in [1.29, 1.82) is 0 Å². The molecule has 1 aromatic heterocycles. The van der Waals surface area contributed by atoms with Crippen LogP contribution in [0.3, 0.4) is 0 Å². The zero-order valence-electron chi connectivity index (χ0n) is 14.1. The van der Waals surface area contributed by atoms with Crippen LogP contribution in [0, 0.1) is 5.92 Å². The average molecular weight is 357 g/mol. The second-order valence-electron chi connectivity index (χ2n) is 6.14. The molecule has 0 saturated carbocycles. The summed E-state index contributed by atoms with van der Waals surface area (Å²) in [4.78, 5) is 17.6. The third-order valence-corrected chi connectivity index (χ3v) is 5.41. The summed E-state index contributed by atoms with van der Waals surface area (Å²) < 4.78 is 5.32. The van der Waals surface area contributed by atoms with E-state index in [1.54, 1.807) is 18.0 Å². The molecule has 0 bridgehead atoms. The second-order valence-corrected chi connectivity index (χ2v) is 7.19. The maximum absolute atomic E-state index is 12.3. The number of nitrogens with one attached hydrogen (secondary N) is 1. The molecule has 1 saturated heterocycles. The average Bonchev–Trinajstić information content (AvgIpc) is 2.68. The highest BCUT2D eigenvalue weighted by atomic mass is 32.2. The zero-order chi connectivity index (χ0) is 17.5. The Balaban J connectivity index is 1.50. The highest BCUT2D eigenvalue weighted by Crippen LogP contribution is 2.24. The SMILES string of the molecule is NC(C(=O)Nc1ccc(SCc2cccnc2)cc1)C1CCOCC1. The van der Waals surface area contributed by atoms with Gasteiger partial charge in [-0.2, -0.15) is 0 Å². The molecule has 1 unspecified atom stereocenters. The summed E-state index contributed by atoms with van der Waals surface area (Å²) in [6.07, 6.45) is 5.34. The number of nitrogens with zero attached hydrogens (tertiary/aromatic N) is 1. The number of hydrogen-bond acceptors (Lipinski definition) is 5. The third kappa shape index (κ3) is 5.29. The lowest BCUT2D eigenvalue weighted by Crippen LogP contribution is -2.43. The highest BCUT2D eigenvalue weighted by Gasteiger charge is 2.26. The lowest BCUT2D eigenvalue weighted by molar-refractivity contribution is -0.119. The van der Waals surface area contributed by atoms with E-state index in [2.05, 4.69) is 16.4 Å². The first-order chi connectivity index (χ1) is 12.2. The number of aromatic nitrogens is 1. The topological polar surface area (TPSA) is 77.2 Å². The van der Waals surface area contributed by atoms with Gasteiger partial charge >= 0.3 is 0 Å². The quantitative estimate of drug-likeness (QED) is 0.777. The number of amides is 1. The molecule has 3 N–H and O–H groups in total. The molecule has 5 nitrogen and oxygen atoms in total. The van der Waals surface area contributed by atoms with E-state index in [0.717, 1.165) is 29.2 Å². The summed E-state index contributed by atoms with van der Waals surface area (Å²) in [6, 6.07) is 11.4. The number of carbonyl (C=O) groups excluding carboxylic acids is 1. The Morgan fingerprint density at radius 3 is 2.72 bits per heavy atom. The molecule has 1 aliphatic rings. The Morgan fingerprint density at radius 2 is 2.04 bits per heavy atom. The molecule has 132 valence electrons. The van der Waals surface area contributed by atoms with Gasteiger partial charge in [-0.25, -0.2) is 0 Å². The van der Waals surface area contributed by atoms with E-state index in [0.29, 0.717) is 13.2 Å². The molecular formula is C19H23N3O2S. The van der Waals surface area contributed by atoms with Crippen molar-refractivity contribution in [2.45, 2.75) is 29.5 Å². The number of ether oxygens (including phenoxy) is 1. The summed E-state index contributed by atoms with van der Waals surface area (Å²) in [5.74, 6) is 0.944. The van der Waals surface area contributed by atoms with Crippen molar-refractivity contribution in [3.05, 3.63) is 54.4 Å². The van der Waals surface area contributed by atoms with Crippen molar-refractivity contribution >= 4 is 23.4 Å². The van der Waals surface area contributed by atoms with E-state index < -0.39 is 6.04 Å². The fraction of sp³-hybridized carbons (Fsp3) is 0.368. The maximum atomic E-state index is 12.3. The predicted molar refractivity (Wildman–Crippen MR) is 100 cm³/mol. The van der Waals surface area contributed by atoms with Gasteiger partial charge in [-0.05, 0) is 54.7 Å². The van der Waals surface area contributed by atoms with Crippen molar-refractivity contribution < 1.29 is 9.53 Å². The Kier molecular flexibility index (Phi) is 6.44. The molecule has 25 heavy (non-hydrogen) atoms. The molecule has 0 radical (unpaired) electrons. The Bertz CT molecular complexity index is 673. The molecule has 1 aromatic carbocycles. The van der Waals surface area contributed by atoms with Crippen LogP contribution in [0.25, 0.3) is 0 Å². The number of hydrogen-bond donors (Lipinski definition) is 2. The van der Waals surface area contributed by atoms with Crippen LogP contribution in [0.5, 0.6) is 0 Å². The van der Waals surface area contributed by atoms with E-state index in [1.807, 2.05) is 36.5 Å². The van der Waals surface area contributed by atoms with Crippen molar-refractivity contribution in [2.75, 3.05) is 18.5 Å². The number of anilines is 1. The zero-order valence-corrected chi connectivity index (χ0v) is 14.9. The Hall–Kier alpha value is -1.89. The van der Waals surface area contributed by atoms with Crippen molar-refractivity contribution in [3.63, 3.8) is 0 Å². The number of benzene rings is 1. The minimum atomic E-state index is -0.483. The molecule has 1 amide bonds. The molecule has 2 heterocycles. The Labute approximate surface area is 152 Å². The van der Waals surface area contributed by atoms with E-state index in [4.69, 9.17) is 10.5 Å². The van der Waals surface area contributed by atoms with Crippen LogP contribution >= 0.6 is 11.8 Å². The largest absolute Gasteiger partial charge is 0.381 e. The molecule has 0 spiro atoms. The van der Waals surface area contributed by atoms with Crippen LogP contribution in [0.2, 0.25) is 0 Å². The highest BCUT2D eigenvalue weighted by molar-refractivity contribution is 7.98. The van der Waals surface area contributed by atoms with Gasteiger partial charge in [0.2, 0.25) is 5.91 Å². The molecule has 1 aliphatic heterocycles. The summed E-state index contributed by atoms with van der Waals surface area (Å²) in [6.45, 7) is 1.38. The van der Waals surface area contributed by atoms with Gasteiger partial charge in [-0.15, -0.1) is 11.8 Å². The lowest BCUT2D eigenvalue weighted by Gasteiger charge is -2.26. The molecule has 3 rings (SSSR count). The minimum Gasteiger partial charge on any atom is -0.381 e. The van der Waals surface area contributed by atoms with Crippen molar-refractivity contribution in [1.82, 2.24) is 4.98 Å². The Morgan fingerprint density at radius 1 is 1.28 bits per heavy atom. The normalized spacial score (nSPS) is 16.4. The third-order valence-electron chi connectivity index (χ3n) is 4.33. The summed E-state index contributed by atoms with van der Waals surface area (Å²) in [7, 11) is 0.